The second-order valence-electron chi connectivity index (χ2n) is 3.39. The third kappa shape index (κ3) is 1.05. The van der Waals surface area contributed by atoms with E-state index < -0.39 is 6.03 Å². The molecule has 2 amide bonds. The molecule has 0 bridgehead atoms. The van der Waals surface area contributed by atoms with Gasteiger partial charge in [0.2, 0.25) is 0 Å². The highest BCUT2D eigenvalue weighted by Gasteiger charge is 2.10. The standard InChI is InChI=1S/C11H7N3O/c12-8-5-6-3-1-2-4-7(6)9-10(8)14-11(15)13-9/h1-5H,12H2. The topological polar surface area (TPSA) is 67.8 Å². The van der Waals surface area contributed by atoms with Crippen molar-refractivity contribution in [3.8, 4) is 0 Å². The molecule has 15 heavy (non-hydrogen) atoms. The first-order valence-corrected chi connectivity index (χ1v) is 4.54. The molecule has 0 radical (unpaired) electrons. The van der Waals surface area contributed by atoms with Crippen LogP contribution >= 0.6 is 0 Å². The normalized spacial score (nSPS) is 13.5. The van der Waals surface area contributed by atoms with Gasteiger partial charge in [-0.1, -0.05) is 24.3 Å². The second-order valence-corrected chi connectivity index (χ2v) is 3.39. The molecule has 3 rings (SSSR count). The average molecular weight is 197 g/mol. The Hall–Kier alpha value is -2.23. The van der Waals surface area contributed by atoms with E-state index in [1.54, 1.807) is 0 Å². The van der Waals surface area contributed by atoms with Crippen molar-refractivity contribution in [1.82, 2.24) is 0 Å². The minimum atomic E-state index is -0.479. The van der Waals surface area contributed by atoms with Crippen LogP contribution in [0.4, 0.5) is 10.5 Å². The number of nitrogens with two attached hydrogens (primary N) is 1. The van der Waals surface area contributed by atoms with Gasteiger partial charge in [-0.15, -0.1) is 0 Å². The van der Waals surface area contributed by atoms with E-state index in [0.29, 0.717) is 16.4 Å². The molecule has 0 spiro atoms. The van der Waals surface area contributed by atoms with Crippen molar-refractivity contribution in [2.24, 2.45) is 9.98 Å². The summed E-state index contributed by atoms with van der Waals surface area (Å²) < 4.78 is 0. The summed E-state index contributed by atoms with van der Waals surface area (Å²) in [5, 5.41) is 2.98. The van der Waals surface area contributed by atoms with E-state index in [0.717, 1.165) is 10.8 Å². The molecule has 0 unspecified atom stereocenters. The van der Waals surface area contributed by atoms with Crippen molar-refractivity contribution in [3.05, 3.63) is 41.0 Å². The fourth-order valence-corrected chi connectivity index (χ4v) is 1.79. The van der Waals surface area contributed by atoms with Gasteiger partial charge in [-0.05, 0) is 11.5 Å². The lowest BCUT2D eigenvalue weighted by Crippen LogP contribution is -2.25. The number of nitrogens with zero attached hydrogens (tertiary/aromatic N) is 2. The van der Waals surface area contributed by atoms with Crippen LogP contribution in [0.2, 0.25) is 0 Å². The summed E-state index contributed by atoms with van der Waals surface area (Å²) in [5.41, 5.74) is 6.29. The van der Waals surface area contributed by atoms with Crippen molar-refractivity contribution in [2.75, 3.05) is 5.73 Å². The van der Waals surface area contributed by atoms with E-state index in [2.05, 4.69) is 9.98 Å². The van der Waals surface area contributed by atoms with Crippen LogP contribution in [0.5, 0.6) is 0 Å². The van der Waals surface area contributed by atoms with Crippen LogP contribution in [-0.4, -0.2) is 6.03 Å². The number of carbonyl (C=O) groups excluding carboxylic acids is 1. The SMILES string of the molecule is Nc1cc2ccccc2c2c1=NC(=O)N=2. The van der Waals surface area contributed by atoms with E-state index in [1.165, 1.54) is 0 Å². The largest absolute Gasteiger partial charge is 0.397 e. The highest BCUT2D eigenvalue weighted by atomic mass is 16.2. The first kappa shape index (κ1) is 8.11. The van der Waals surface area contributed by atoms with Crippen molar-refractivity contribution in [3.63, 3.8) is 0 Å². The highest BCUT2D eigenvalue weighted by Crippen LogP contribution is 2.11. The predicted molar refractivity (Wildman–Crippen MR) is 56.1 cm³/mol. The van der Waals surface area contributed by atoms with Gasteiger partial charge in [-0.3, -0.25) is 0 Å². The predicted octanol–water partition coefficient (Wildman–Crippen LogP) is 0.795. The summed E-state index contributed by atoms with van der Waals surface area (Å²) >= 11 is 0. The molecule has 0 saturated carbocycles. The minimum Gasteiger partial charge on any atom is -0.397 e. The second kappa shape index (κ2) is 2.63. The molecular weight excluding hydrogens is 190 g/mol. The smallest absolute Gasteiger partial charge is 0.368 e. The maximum atomic E-state index is 11.1. The molecule has 4 heteroatoms. The number of hydrogen-bond donors (Lipinski definition) is 1. The number of benzene rings is 2. The summed E-state index contributed by atoms with van der Waals surface area (Å²) in [7, 11) is 0. The molecule has 0 aliphatic carbocycles. The van der Waals surface area contributed by atoms with Crippen molar-refractivity contribution < 1.29 is 4.79 Å². The zero-order valence-electron chi connectivity index (χ0n) is 7.77. The van der Waals surface area contributed by atoms with Gasteiger partial charge < -0.3 is 5.73 Å². The molecule has 0 aromatic heterocycles. The number of anilines is 1. The monoisotopic (exact) mass is 197 g/mol. The fourth-order valence-electron chi connectivity index (χ4n) is 1.79. The lowest BCUT2D eigenvalue weighted by molar-refractivity contribution is 0.257. The van der Waals surface area contributed by atoms with Gasteiger partial charge in [0.15, 0.2) is 0 Å². The van der Waals surface area contributed by atoms with E-state index in [1.807, 2.05) is 30.3 Å². The first-order valence-electron chi connectivity index (χ1n) is 4.54. The van der Waals surface area contributed by atoms with Crippen LogP contribution in [0.15, 0.2) is 40.3 Å². The van der Waals surface area contributed by atoms with Crippen LogP contribution < -0.4 is 16.4 Å². The first-order chi connectivity index (χ1) is 7.25. The molecule has 2 aromatic rings. The van der Waals surface area contributed by atoms with Crippen LogP contribution in [-0.2, 0) is 0 Å². The summed E-state index contributed by atoms with van der Waals surface area (Å²) in [5.74, 6) is 0. The summed E-state index contributed by atoms with van der Waals surface area (Å²) in [6.07, 6.45) is 0. The van der Waals surface area contributed by atoms with E-state index in [4.69, 9.17) is 5.73 Å². The number of nitrogen functional groups attached to an aromatic ring is 1. The van der Waals surface area contributed by atoms with E-state index in [9.17, 15) is 4.79 Å². The van der Waals surface area contributed by atoms with Gasteiger partial charge in [-0.25, -0.2) is 4.79 Å². The maximum absolute atomic E-state index is 11.1. The fraction of sp³-hybridized carbons (Fsp3) is 0. The lowest BCUT2D eigenvalue weighted by atomic mass is 10.1. The quantitative estimate of drug-likeness (QED) is 0.634. The molecule has 0 fully saturated rings. The zero-order valence-corrected chi connectivity index (χ0v) is 7.77. The van der Waals surface area contributed by atoms with Gasteiger partial charge >= 0.3 is 6.03 Å². The maximum Gasteiger partial charge on any atom is 0.368 e. The highest BCUT2D eigenvalue weighted by molar-refractivity contribution is 5.88. The molecule has 0 atom stereocenters. The van der Waals surface area contributed by atoms with Gasteiger partial charge in [0.1, 0.15) is 10.7 Å². The van der Waals surface area contributed by atoms with E-state index >= 15 is 0 Å². The summed E-state index contributed by atoms with van der Waals surface area (Å²) in [4.78, 5) is 18.7. The zero-order chi connectivity index (χ0) is 10.4. The Kier molecular flexibility index (Phi) is 1.42. The van der Waals surface area contributed by atoms with Crippen LogP contribution in [0.1, 0.15) is 0 Å². The Balaban J connectivity index is 2.67. The Morgan fingerprint density at radius 1 is 1.07 bits per heavy atom. The van der Waals surface area contributed by atoms with E-state index in [-0.39, 0.29) is 0 Å². The lowest BCUT2D eigenvalue weighted by Gasteiger charge is -1.98. The minimum absolute atomic E-state index is 0.479. The molecule has 72 valence electrons. The van der Waals surface area contributed by atoms with Crippen LogP contribution in [0.25, 0.3) is 10.8 Å². The Labute approximate surface area is 84.8 Å². The molecule has 2 aromatic carbocycles. The number of urea groups is 1. The molecule has 1 aliphatic rings. The van der Waals surface area contributed by atoms with Crippen molar-refractivity contribution in [1.29, 1.82) is 0 Å². The molecule has 4 nitrogen and oxygen atoms in total. The molecular formula is C11H7N3O. The Bertz CT molecular complexity index is 704. The summed E-state index contributed by atoms with van der Waals surface area (Å²) in [6, 6.07) is 8.99. The van der Waals surface area contributed by atoms with Crippen molar-refractivity contribution in [2.45, 2.75) is 0 Å². The number of fused-ring (bicyclic) bond motifs is 3. The van der Waals surface area contributed by atoms with Gasteiger partial charge in [0.05, 0.1) is 5.69 Å². The van der Waals surface area contributed by atoms with Crippen LogP contribution in [0, 0.1) is 0 Å². The number of carbonyl (C=O) groups is 1. The van der Waals surface area contributed by atoms with Gasteiger partial charge in [0.25, 0.3) is 0 Å². The average Bonchev–Trinajstić information content (AvgIpc) is 2.61. The molecule has 2 N–H and O–H groups in total. The number of rotatable bonds is 0. The number of hydrogen-bond acceptors (Lipinski definition) is 2. The summed E-state index contributed by atoms with van der Waals surface area (Å²) in [6.45, 7) is 0. The van der Waals surface area contributed by atoms with Gasteiger partial charge in [-0.2, -0.15) is 9.98 Å². The number of amides is 2. The third-order valence-corrected chi connectivity index (χ3v) is 2.44. The third-order valence-electron chi connectivity index (χ3n) is 2.44. The Morgan fingerprint density at radius 3 is 2.67 bits per heavy atom. The van der Waals surface area contributed by atoms with Crippen molar-refractivity contribution >= 4 is 22.5 Å². The van der Waals surface area contributed by atoms with Gasteiger partial charge in [0, 0.05) is 5.39 Å². The Morgan fingerprint density at radius 2 is 1.80 bits per heavy atom. The molecule has 1 aliphatic heterocycles. The van der Waals surface area contributed by atoms with Crippen LogP contribution in [0.3, 0.4) is 0 Å². The molecule has 0 saturated heterocycles. The molecule has 1 heterocycles.